The van der Waals surface area contributed by atoms with Gasteiger partial charge in [0.1, 0.15) is 12.1 Å². The Hall–Kier alpha value is -2.28. The molecule has 0 spiro atoms. The summed E-state index contributed by atoms with van der Waals surface area (Å²) in [4.78, 5) is 17.2. The van der Waals surface area contributed by atoms with Crippen LogP contribution in [0.15, 0.2) is 30.6 Å². The molecule has 6 nitrogen and oxygen atoms in total. The largest absolute Gasteiger partial charge is 0.381 e. The fraction of sp³-hybridized carbons (Fsp3) is 0.471. The molecule has 1 aliphatic heterocycles. The first-order valence-electron chi connectivity index (χ1n) is 8.08. The van der Waals surface area contributed by atoms with Crippen LogP contribution < -0.4 is 5.32 Å². The van der Waals surface area contributed by atoms with Crippen molar-refractivity contribution in [3.05, 3.63) is 42.0 Å². The molecule has 0 bridgehead atoms. The summed E-state index contributed by atoms with van der Waals surface area (Å²) >= 11 is 0. The van der Waals surface area contributed by atoms with Crippen LogP contribution in [0.2, 0.25) is 0 Å². The first-order valence-corrected chi connectivity index (χ1v) is 8.08. The molecule has 2 aromatic rings. The number of hydrogen-bond donors (Lipinski definition) is 1. The Morgan fingerprint density at radius 1 is 1.29 bits per heavy atom. The normalized spacial score (nSPS) is 17.0. The molecule has 3 rings (SSSR count). The number of aromatic nitrogens is 3. The number of rotatable bonds is 4. The van der Waals surface area contributed by atoms with Crippen molar-refractivity contribution >= 4 is 11.9 Å². The van der Waals surface area contributed by atoms with E-state index in [9.17, 15) is 9.18 Å². The number of carbonyl (C=O) groups excluding carboxylic acids is 1. The van der Waals surface area contributed by atoms with Crippen LogP contribution in [0.25, 0.3) is 0 Å². The Morgan fingerprint density at radius 2 is 1.96 bits per heavy atom. The molecule has 1 fully saturated rings. The fourth-order valence-electron chi connectivity index (χ4n) is 3.07. The quantitative estimate of drug-likeness (QED) is 0.934. The summed E-state index contributed by atoms with van der Waals surface area (Å²) < 4.78 is 20.4. The Morgan fingerprint density at radius 3 is 2.58 bits per heavy atom. The zero-order valence-corrected chi connectivity index (χ0v) is 13.8. The van der Waals surface area contributed by atoms with E-state index < -0.39 is 5.41 Å². The van der Waals surface area contributed by atoms with Crippen LogP contribution in [0.5, 0.6) is 0 Å². The van der Waals surface area contributed by atoms with Crippen LogP contribution in [0.4, 0.5) is 10.3 Å². The number of anilines is 1. The zero-order valence-electron chi connectivity index (χ0n) is 13.8. The molecule has 0 saturated carbocycles. The fourth-order valence-corrected chi connectivity index (χ4v) is 3.07. The van der Waals surface area contributed by atoms with Gasteiger partial charge in [-0.2, -0.15) is 10.1 Å². The highest BCUT2D eigenvalue weighted by Crippen LogP contribution is 2.36. The second-order valence-electron chi connectivity index (χ2n) is 6.28. The average Bonchev–Trinajstić information content (AvgIpc) is 3.04. The van der Waals surface area contributed by atoms with E-state index in [4.69, 9.17) is 4.74 Å². The van der Waals surface area contributed by atoms with Crippen molar-refractivity contribution < 1.29 is 13.9 Å². The maximum Gasteiger partial charge on any atom is 0.237 e. The Balaban J connectivity index is 1.92. The minimum Gasteiger partial charge on any atom is -0.381 e. The maximum atomic E-state index is 13.3. The molecule has 1 amide bonds. The van der Waals surface area contributed by atoms with Gasteiger partial charge < -0.3 is 4.74 Å². The van der Waals surface area contributed by atoms with Crippen molar-refractivity contribution in [1.29, 1.82) is 0 Å². The summed E-state index contributed by atoms with van der Waals surface area (Å²) in [5, 5.41) is 7.03. The molecule has 1 N–H and O–H groups in total. The average molecular weight is 332 g/mol. The van der Waals surface area contributed by atoms with Crippen LogP contribution >= 0.6 is 0 Å². The molecule has 0 unspecified atom stereocenters. The summed E-state index contributed by atoms with van der Waals surface area (Å²) in [6.45, 7) is 4.91. The van der Waals surface area contributed by atoms with Crippen molar-refractivity contribution in [2.75, 3.05) is 18.5 Å². The lowest BCUT2D eigenvalue weighted by Gasteiger charge is -2.36. The summed E-state index contributed by atoms with van der Waals surface area (Å²) in [5.41, 5.74) is 0.0417. The van der Waals surface area contributed by atoms with E-state index in [-0.39, 0.29) is 17.8 Å². The Kier molecular flexibility index (Phi) is 4.62. The molecular formula is C17H21FN4O2. The van der Waals surface area contributed by atoms with E-state index in [0.29, 0.717) is 32.0 Å². The summed E-state index contributed by atoms with van der Waals surface area (Å²) in [5.74, 6) is -0.0591. The Bertz CT molecular complexity index is 706. The third-order valence-electron chi connectivity index (χ3n) is 4.47. The third-order valence-corrected chi connectivity index (χ3v) is 4.47. The lowest BCUT2D eigenvalue weighted by molar-refractivity contribution is -0.125. The lowest BCUT2D eigenvalue weighted by Crippen LogP contribution is -2.45. The number of nitrogens with one attached hydrogen (secondary N) is 1. The molecule has 0 radical (unpaired) electrons. The molecule has 0 atom stereocenters. The highest BCUT2D eigenvalue weighted by Gasteiger charge is 2.42. The van der Waals surface area contributed by atoms with Gasteiger partial charge in [0.2, 0.25) is 11.9 Å². The maximum absolute atomic E-state index is 13.3. The van der Waals surface area contributed by atoms with Crippen LogP contribution in [-0.4, -0.2) is 33.9 Å². The molecule has 1 aromatic heterocycles. The second kappa shape index (κ2) is 6.68. The molecule has 1 saturated heterocycles. The van der Waals surface area contributed by atoms with E-state index >= 15 is 0 Å². The summed E-state index contributed by atoms with van der Waals surface area (Å²) in [6.07, 6.45) is 2.50. The van der Waals surface area contributed by atoms with Gasteiger partial charge in [-0.05, 0) is 44.4 Å². The molecule has 128 valence electrons. The number of benzene rings is 1. The van der Waals surface area contributed by atoms with Crippen molar-refractivity contribution in [2.24, 2.45) is 0 Å². The highest BCUT2D eigenvalue weighted by molar-refractivity contribution is 5.98. The van der Waals surface area contributed by atoms with Gasteiger partial charge in [0.15, 0.2) is 0 Å². The molecule has 1 aromatic carbocycles. The SMILES string of the molecule is CC(C)n1ncnc1NC(=O)C1(c2ccc(F)cc2)CCOCC1. The van der Waals surface area contributed by atoms with Crippen LogP contribution in [0.3, 0.4) is 0 Å². The van der Waals surface area contributed by atoms with Gasteiger partial charge in [-0.15, -0.1) is 0 Å². The van der Waals surface area contributed by atoms with Gasteiger partial charge in [-0.1, -0.05) is 12.1 Å². The lowest BCUT2D eigenvalue weighted by atomic mass is 9.73. The predicted octanol–water partition coefficient (Wildman–Crippen LogP) is 2.69. The van der Waals surface area contributed by atoms with Crippen molar-refractivity contribution in [3.8, 4) is 0 Å². The molecule has 24 heavy (non-hydrogen) atoms. The van der Waals surface area contributed by atoms with Gasteiger partial charge in [-0.25, -0.2) is 9.07 Å². The third kappa shape index (κ3) is 3.03. The van der Waals surface area contributed by atoms with E-state index in [2.05, 4.69) is 15.4 Å². The number of halogens is 1. The van der Waals surface area contributed by atoms with Crippen LogP contribution in [0, 0.1) is 5.82 Å². The summed E-state index contributed by atoms with van der Waals surface area (Å²) in [6, 6.07) is 6.20. The Labute approximate surface area is 140 Å². The smallest absolute Gasteiger partial charge is 0.237 e. The van der Waals surface area contributed by atoms with Gasteiger partial charge in [-0.3, -0.25) is 10.1 Å². The minimum absolute atomic E-state index is 0.0826. The standard InChI is InChI=1S/C17H21FN4O2/c1-12(2)22-16(19-11-20-22)21-15(23)17(7-9-24-10-8-17)13-3-5-14(18)6-4-13/h3-6,11-12H,7-10H2,1-2H3,(H,19,20,21,23). The number of carbonyl (C=O) groups is 1. The molecule has 7 heteroatoms. The predicted molar refractivity (Wildman–Crippen MR) is 87.2 cm³/mol. The summed E-state index contributed by atoms with van der Waals surface area (Å²) in [7, 11) is 0. The number of hydrogen-bond acceptors (Lipinski definition) is 4. The van der Waals surface area contributed by atoms with E-state index in [1.165, 1.54) is 18.5 Å². The van der Waals surface area contributed by atoms with E-state index in [1.807, 2.05) is 13.8 Å². The van der Waals surface area contributed by atoms with Gasteiger partial charge in [0, 0.05) is 13.2 Å². The van der Waals surface area contributed by atoms with Crippen LogP contribution in [-0.2, 0) is 14.9 Å². The van der Waals surface area contributed by atoms with Crippen LogP contribution in [0.1, 0.15) is 38.3 Å². The van der Waals surface area contributed by atoms with E-state index in [0.717, 1.165) is 5.56 Å². The van der Waals surface area contributed by atoms with Gasteiger partial charge in [0.05, 0.1) is 11.5 Å². The number of amides is 1. The highest BCUT2D eigenvalue weighted by atomic mass is 19.1. The zero-order chi connectivity index (χ0) is 17.2. The monoisotopic (exact) mass is 332 g/mol. The second-order valence-corrected chi connectivity index (χ2v) is 6.28. The first kappa shape index (κ1) is 16.6. The number of ether oxygens (including phenoxy) is 1. The van der Waals surface area contributed by atoms with Crippen molar-refractivity contribution in [2.45, 2.75) is 38.1 Å². The minimum atomic E-state index is -0.750. The van der Waals surface area contributed by atoms with E-state index in [1.54, 1.807) is 16.8 Å². The molecule has 0 aliphatic carbocycles. The number of nitrogens with zero attached hydrogens (tertiary/aromatic N) is 3. The van der Waals surface area contributed by atoms with Gasteiger partial charge >= 0.3 is 0 Å². The van der Waals surface area contributed by atoms with Gasteiger partial charge in [0.25, 0.3) is 0 Å². The van der Waals surface area contributed by atoms with Crippen molar-refractivity contribution in [3.63, 3.8) is 0 Å². The molecular weight excluding hydrogens is 311 g/mol. The first-order chi connectivity index (χ1) is 11.5. The molecule has 1 aliphatic rings. The topological polar surface area (TPSA) is 69.0 Å². The van der Waals surface area contributed by atoms with Crippen molar-refractivity contribution in [1.82, 2.24) is 14.8 Å². The molecule has 2 heterocycles.